The van der Waals surface area contributed by atoms with Gasteiger partial charge in [0.1, 0.15) is 5.60 Å². The molecule has 2 rings (SSSR count). The zero-order valence-corrected chi connectivity index (χ0v) is 16.7. The molecule has 1 atom stereocenters. The largest absolute Gasteiger partial charge is 0.404 e. The zero-order chi connectivity index (χ0) is 17.5. The fourth-order valence-corrected chi connectivity index (χ4v) is 7.33. The molecule has 0 spiro atoms. The molecule has 24 heavy (non-hydrogen) atoms. The molecule has 0 N–H and O–H groups in total. The smallest absolute Gasteiger partial charge is 0.193 e. The first-order valence-corrected chi connectivity index (χ1v) is 12.4. The van der Waals surface area contributed by atoms with Gasteiger partial charge in [-0.2, -0.15) is 0 Å². The van der Waals surface area contributed by atoms with E-state index in [4.69, 9.17) is 4.43 Å². The predicted molar refractivity (Wildman–Crippen MR) is 104 cm³/mol. The van der Waals surface area contributed by atoms with Crippen molar-refractivity contribution in [3.8, 4) is 0 Å². The van der Waals surface area contributed by atoms with Crippen LogP contribution in [0.2, 0.25) is 18.1 Å². The zero-order valence-electron chi connectivity index (χ0n) is 15.7. The fraction of sp³-hybridized carbons (Fsp3) is 0.667. The normalized spacial score (nSPS) is 19.0. The molecule has 1 fully saturated rings. The molecule has 0 aromatic heterocycles. The Morgan fingerprint density at radius 1 is 1.04 bits per heavy atom. The lowest BCUT2D eigenvalue weighted by Gasteiger charge is -2.45. The highest BCUT2D eigenvalue weighted by Crippen LogP contribution is 2.40. The lowest BCUT2D eigenvalue weighted by Crippen LogP contribution is -2.54. The maximum atomic E-state index is 12.5. The summed E-state index contributed by atoms with van der Waals surface area (Å²) in [5.41, 5.74) is 0.608. The molecule has 0 amide bonds. The molecule has 3 heteroatoms. The van der Waals surface area contributed by atoms with E-state index in [0.717, 1.165) is 37.4 Å². The van der Waals surface area contributed by atoms with Gasteiger partial charge < -0.3 is 9.22 Å². The lowest BCUT2D eigenvalue weighted by atomic mass is 9.75. The Morgan fingerprint density at radius 3 is 2.12 bits per heavy atom. The second-order valence-corrected chi connectivity index (χ2v) is 12.1. The summed E-state index contributed by atoms with van der Waals surface area (Å²) in [6.45, 7) is 6.74. The van der Waals surface area contributed by atoms with Crippen molar-refractivity contribution < 1.29 is 9.22 Å². The summed E-state index contributed by atoms with van der Waals surface area (Å²) in [5.74, 6) is 0.375. The van der Waals surface area contributed by atoms with E-state index in [-0.39, 0.29) is 0 Å². The van der Waals surface area contributed by atoms with E-state index < -0.39 is 13.9 Å². The van der Waals surface area contributed by atoms with Crippen LogP contribution in [0.25, 0.3) is 0 Å². The van der Waals surface area contributed by atoms with Crippen molar-refractivity contribution >= 4 is 14.6 Å². The molecule has 1 aromatic rings. The van der Waals surface area contributed by atoms with Gasteiger partial charge in [-0.3, -0.25) is 0 Å². The highest BCUT2D eigenvalue weighted by molar-refractivity contribution is 6.73. The van der Waals surface area contributed by atoms with E-state index in [1.54, 1.807) is 0 Å². The quantitative estimate of drug-likeness (QED) is 0.419. The van der Waals surface area contributed by atoms with Crippen LogP contribution in [0.5, 0.6) is 0 Å². The highest BCUT2D eigenvalue weighted by Gasteiger charge is 2.46. The maximum Gasteiger partial charge on any atom is 0.193 e. The molecule has 0 aliphatic heterocycles. The van der Waals surface area contributed by atoms with Crippen LogP contribution in [0.3, 0.4) is 0 Å². The lowest BCUT2D eigenvalue weighted by molar-refractivity contribution is -0.128. The van der Waals surface area contributed by atoms with Crippen LogP contribution >= 0.6 is 0 Å². The first-order chi connectivity index (χ1) is 11.6. The van der Waals surface area contributed by atoms with Crippen molar-refractivity contribution in [2.75, 3.05) is 0 Å². The molecule has 0 heterocycles. The number of benzene rings is 1. The van der Waals surface area contributed by atoms with Crippen molar-refractivity contribution in [3.05, 3.63) is 35.9 Å². The van der Waals surface area contributed by atoms with Crippen molar-refractivity contribution in [1.29, 1.82) is 0 Å². The molecule has 1 aliphatic rings. The van der Waals surface area contributed by atoms with Crippen molar-refractivity contribution in [1.82, 2.24) is 0 Å². The van der Waals surface area contributed by atoms with Crippen LogP contribution < -0.4 is 0 Å². The fourth-order valence-electron chi connectivity index (χ4n) is 4.30. The molecule has 1 aromatic carbocycles. The summed E-state index contributed by atoms with van der Waals surface area (Å²) in [7, 11) is -1.84. The molecule has 0 radical (unpaired) electrons. The molecule has 0 saturated heterocycles. The first kappa shape index (κ1) is 19.4. The SMILES string of the molecule is CC[Si](CC)(CC)O[C@](C=O)(Cc1ccccc1)C1CCCCC1. The van der Waals surface area contributed by atoms with E-state index in [0.29, 0.717) is 5.92 Å². The number of aldehydes is 1. The van der Waals surface area contributed by atoms with Gasteiger partial charge in [0.2, 0.25) is 0 Å². The minimum absolute atomic E-state index is 0.375. The van der Waals surface area contributed by atoms with Crippen LogP contribution in [0.4, 0.5) is 0 Å². The first-order valence-electron chi connectivity index (χ1n) is 9.84. The topological polar surface area (TPSA) is 26.3 Å². The van der Waals surface area contributed by atoms with Gasteiger partial charge in [-0.1, -0.05) is 70.4 Å². The van der Waals surface area contributed by atoms with Gasteiger partial charge in [0.05, 0.1) is 0 Å². The standard InChI is InChI=1S/C21H34O2Si/c1-4-24(5-2,6-3)23-21(18-22,20-15-11-8-12-16-20)17-19-13-9-7-10-14-19/h7,9-10,13-14,18,20H,4-6,8,11-12,15-17H2,1-3H3/t21-/m0/s1. The molecule has 1 saturated carbocycles. The van der Waals surface area contributed by atoms with Crippen LogP contribution in [-0.2, 0) is 15.6 Å². The van der Waals surface area contributed by atoms with Gasteiger partial charge in [-0.25, -0.2) is 0 Å². The number of carbonyl (C=O) groups is 1. The summed E-state index contributed by atoms with van der Waals surface area (Å²) in [6.07, 6.45) is 7.94. The van der Waals surface area contributed by atoms with Crippen LogP contribution in [0, 0.1) is 5.92 Å². The summed E-state index contributed by atoms with van der Waals surface area (Å²) < 4.78 is 6.94. The molecule has 0 unspecified atom stereocenters. The average Bonchev–Trinajstić information content (AvgIpc) is 2.67. The summed E-state index contributed by atoms with van der Waals surface area (Å²) >= 11 is 0. The monoisotopic (exact) mass is 346 g/mol. The average molecular weight is 347 g/mol. The van der Waals surface area contributed by atoms with Gasteiger partial charge in [-0.15, -0.1) is 0 Å². The Bertz CT molecular complexity index is 484. The molecular formula is C21H34O2Si. The van der Waals surface area contributed by atoms with E-state index in [1.165, 1.54) is 31.1 Å². The second-order valence-electron chi connectivity index (χ2n) is 7.42. The third kappa shape index (κ3) is 4.37. The Hall–Kier alpha value is -0.933. The van der Waals surface area contributed by atoms with Gasteiger partial charge in [0, 0.05) is 6.42 Å². The Balaban J connectivity index is 2.36. The van der Waals surface area contributed by atoms with Gasteiger partial charge >= 0.3 is 0 Å². The maximum absolute atomic E-state index is 12.5. The number of carbonyl (C=O) groups excluding carboxylic acids is 1. The van der Waals surface area contributed by atoms with Crippen molar-refractivity contribution in [2.24, 2.45) is 5.92 Å². The molecule has 0 bridgehead atoms. The Labute approximate surface area is 149 Å². The second kappa shape index (κ2) is 8.96. The Kier molecular flexibility index (Phi) is 7.24. The van der Waals surface area contributed by atoms with Crippen molar-refractivity contribution in [3.63, 3.8) is 0 Å². The van der Waals surface area contributed by atoms with E-state index in [9.17, 15) is 4.79 Å². The van der Waals surface area contributed by atoms with E-state index >= 15 is 0 Å². The summed E-state index contributed by atoms with van der Waals surface area (Å²) in [6, 6.07) is 13.7. The number of rotatable bonds is 9. The van der Waals surface area contributed by atoms with E-state index in [1.807, 2.05) is 6.07 Å². The predicted octanol–water partition coefficient (Wildman–Crippen LogP) is 5.77. The highest BCUT2D eigenvalue weighted by atomic mass is 28.4. The van der Waals surface area contributed by atoms with Gasteiger partial charge in [0.25, 0.3) is 0 Å². The molecule has 134 valence electrons. The van der Waals surface area contributed by atoms with Crippen molar-refractivity contribution in [2.45, 2.75) is 83.0 Å². The molecule has 1 aliphatic carbocycles. The number of hydrogen-bond donors (Lipinski definition) is 0. The minimum atomic E-state index is -1.84. The van der Waals surface area contributed by atoms with Gasteiger partial charge in [0.15, 0.2) is 14.6 Å². The van der Waals surface area contributed by atoms with Crippen LogP contribution in [0.1, 0.15) is 58.4 Å². The minimum Gasteiger partial charge on any atom is -0.404 e. The number of hydrogen-bond acceptors (Lipinski definition) is 2. The van der Waals surface area contributed by atoms with Crippen LogP contribution in [0.15, 0.2) is 30.3 Å². The summed E-state index contributed by atoms with van der Waals surface area (Å²) in [4.78, 5) is 12.5. The third-order valence-corrected chi connectivity index (χ3v) is 10.8. The van der Waals surface area contributed by atoms with Gasteiger partial charge in [-0.05, 0) is 42.5 Å². The van der Waals surface area contributed by atoms with E-state index in [2.05, 4.69) is 45.0 Å². The third-order valence-electron chi connectivity index (χ3n) is 6.16. The molecule has 2 nitrogen and oxygen atoms in total. The summed E-state index contributed by atoms with van der Waals surface area (Å²) in [5, 5.41) is 0. The Morgan fingerprint density at radius 2 is 1.62 bits per heavy atom. The van der Waals surface area contributed by atoms with Crippen LogP contribution in [-0.4, -0.2) is 20.2 Å². The molecular weight excluding hydrogens is 312 g/mol.